The van der Waals surface area contributed by atoms with E-state index in [-0.39, 0.29) is 30.3 Å². The number of methoxy groups -OCH3 is 2. The van der Waals surface area contributed by atoms with Crippen molar-refractivity contribution < 1.29 is 23.9 Å². The van der Waals surface area contributed by atoms with Gasteiger partial charge >= 0.3 is 11.9 Å². The highest BCUT2D eigenvalue weighted by atomic mass is 35.5. The van der Waals surface area contributed by atoms with Crippen molar-refractivity contribution in [1.82, 2.24) is 5.32 Å². The fourth-order valence-corrected chi connectivity index (χ4v) is 5.02. The van der Waals surface area contributed by atoms with Crippen LogP contribution in [0.1, 0.15) is 79.4 Å². The number of ether oxygens (including phenoxy) is 2. The summed E-state index contributed by atoms with van der Waals surface area (Å²) >= 11 is 1.40. The maximum atomic E-state index is 12.3. The second-order valence-electron chi connectivity index (χ2n) is 8.23. The molecule has 0 aromatic carbocycles. The Hall–Kier alpha value is -1.64. The second kappa shape index (κ2) is 12.4. The molecule has 9 heteroatoms. The summed E-state index contributed by atoms with van der Waals surface area (Å²) in [6.07, 6.45) is 9.16. The molecule has 0 radical (unpaired) electrons. The van der Waals surface area contributed by atoms with E-state index in [1.54, 1.807) is 0 Å². The quantitative estimate of drug-likeness (QED) is 0.640. The lowest BCUT2D eigenvalue weighted by Gasteiger charge is -2.35. The number of amides is 1. The van der Waals surface area contributed by atoms with Gasteiger partial charge in [0.2, 0.25) is 0 Å². The van der Waals surface area contributed by atoms with E-state index in [0.29, 0.717) is 17.7 Å². The minimum absolute atomic E-state index is 0. The van der Waals surface area contributed by atoms with Gasteiger partial charge in [-0.15, -0.1) is 23.7 Å². The molecule has 0 spiro atoms. The summed E-state index contributed by atoms with van der Waals surface area (Å²) in [5.74, 6) is -0.744. The molecule has 31 heavy (non-hydrogen) atoms. The molecular formula is C22H35ClN2O5S. The highest BCUT2D eigenvalue weighted by Crippen LogP contribution is 2.30. The lowest BCUT2D eigenvalue weighted by Crippen LogP contribution is -2.56. The highest BCUT2D eigenvalue weighted by Gasteiger charge is 2.42. The van der Waals surface area contributed by atoms with Gasteiger partial charge in [0.1, 0.15) is 11.1 Å². The predicted octanol–water partition coefficient (Wildman–Crippen LogP) is 3.91. The van der Waals surface area contributed by atoms with Crippen LogP contribution in [-0.2, 0) is 19.1 Å². The Balaban J connectivity index is 0.000000344. The van der Waals surface area contributed by atoms with Crippen LogP contribution in [0.15, 0.2) is 11.4 Å². The lowest BCUT2D eigenvalue weighted by atomic mass is 9.81. The van der Waals surface area contributed by atoms with E-state index in [9.17, 15) is 14.4 Å². The number of nitrogens with two attached hydrogens (primary N) is 1. The molecule has 1 aromatic rings. The van der Waals surface area contributed by atoms with Crippen LogP contribution in [-0.4, -0.2) is 43.1 Å². The van der Waals surface area contributed by atoms with Crippen LogP contribution < -0.4 is 11.1 Å². The Kier molecular flexibility index (Phi) is 11.0. The molecule has 176 valence electrons. The molecule has 2 saturated carbocycles. The first kappa shape index (κ1) is 27.4. The zero-order valence-electron chi connectivity index (χ0n) is 18.7. The van der Waals surface area contributed by atoms with E-state index in [4.69, 9.17) is 10.5 Å². The first-order valence-electron chi connectivity index (χ1n) is 10.6. The molecule has 0 bridgehead atoms. The molecule has 0 saturated heterocycles. The third kappa shape index (κ3) is 6.92. The van der Waals surface area contributed by atoms with Crippen molar-refractivity contribution in [3.05, 3.63) is 21.9 Å². The molecule has 2 aliphatic rings. The molecule has 3 rings (SSSR count). The summed E-state index contributed by atoms with van der Waals surface area (Å²) in [7, 11) is 2.77. The predicted molar refractivity (Wildman–Crippen MR) is 124 cm³/mol. The third-order valence-electron chi connectivity index (χ3n) is 6.04. The monoisotopic (exact) mass is 474 g/mol. The summed E-state index contributed by atoms with van der Waals surface area (Å²) in [5, 5.41) is 4.81. The average molecular weight is 475 g/mol. The van der Waals surface area contributed by atoms with E-state index in [2.05, 4.69) is 10.1 Å². The zero-order valence-corrected chi connectivity index (χ0v) is 20.3. The van der Waals surface area contributed by atoms with Crippen molar-refractivity contribution in [3.8, 4) is 0 Å². The van der Waals surface area contributed by atoms with Gasteiger partial charge in [-0.2, -0.15) is 0 Å². The number of carbonyl (C=O) groups is 3. The summed E-state index contributed by atoms with van der Waals surface area (Å²) in [6, 6.07) is 1.91. The summed E-state index contributed by atoms with van der Waals surface area (Å²) in [4.78, 5) is 36.2. The van der Waals surface area contributed by atoms with Gasteiger partial charge in [-0.1, -0.05) is 38.5 Å². The van der Waals surface area contributed by atoms with E-state index in [1.165, 1.54) is 32.0 Å². The van der Waals surface area contributed by atoms with Crippen molar-refractivity contribution >= 4 is 41.6 Å². The third-order valence-corrected chi connectivity index (χ3v) is 7.06. The van der Waals surface area contributed by atoms with Crippen LogP contribution in [0, 0.1) is 6.92 Å². The van der Waals surface area contributed by atoms with E-state index in [1.807, 2.05) is 18.4 Å². The topological polar surface area (TPSA) is 108 Å². The molecule has 3 N–H and O–H groups in total. The first-order valence-corrected chi connectivity index (χ1v) is 11.5. The number of hydrogen-bond donors (Lipinski definition) is 2. The van der Waals surface area contributed by atoms with Crippen molar-refractivity contribution in [2.75, 3.05) is 14.2 Å². The van der Waals surface area contributed by atoms with E-state index >= 15 is 0 Å². The Bertz CT molecular complexity index is 740. The molecule has 2 fully saturated rings. The van der Waals surface area contributed by atoms with E-state index in [0.717, 1.165) is 50.5 Å². The van der Waals surface area contributed by atoms with E-state index < -0.39 is 11.1 Å². The number of halogens is 1. The zero-order chi connectivity index (χ0) is 22.2. The smallest absolute Gasteiger partial charge is 0.331 e. The molecule has 1 aromatic heterocycles. The summed E-state index contributed by atoms with van der Waals surface area (Å²) < 4.78 is 9.52. The Morgan fingerprint density at radius 3 is 1.90 bits per heavy atom. The number of carbonyl (C=O) groups excluding carboxylic acids is 3. The maximum absolute atomic E-state index is 12.3. The van der Waals surface area contributed by atoms with Crippen LogP contribution in [0.3, 0.4) is 0 Å². The van der Waals surface area contributed by atoms with Gasteiger partial charge in [-0.3, -0.25) is 9.59 Å². The van der Waals surface area contributed by atoms with Crippen LogP contribution in [0.5, 0.6) is 0 Å². The number of esters is 2. The Labute approximate surface area is 194 Å². The van der Waals surface area contributed by atoms with Crippen molar-refractivity contribution in [3.63, 3.8) is 0 Å². The molecule has 0 unspecified atom stereocenters. The highest BCUT2D eigenvalue weighted by molar-refractivity contribution is 7.12. The Morgan fingerprint density at radius 2 is 1.45 bits per heavy atom. The number of thiophene rings is 1. The van der Waals surface area contributed by atoms with Crippen molar-refractivity contribution in [1.29, 1.82) is 0 Å². The number of aryl methyl sites for hydroxylation is 1. The van der Waals surface area contributed by atoms with Gasteiger partial charge in [-0.25, -0.2) is 4.79 Å². The summed E-state index contributed by atoms with van der Waals surface area (Å²) in [6.45, 7) is 1.90. The molecule has 1 amide bonds. The van der Waals surface area contributed by atoms with Gasteiger partial charge in [-0.05, 0) is 49.6 Å². The SMILES string of the molecule is COC(=O)C1(N)CCCCC1.COC(=O)C1(NC(=O)c2sccc2C)CCCCC1.Cl. The largest absolute Gasteiger partial charge is 0.468 e. The fourth-order valence-electron chi connectivity index (χ4n) is 4.20. The average Bonchev–Trinajstić information content (AvgIpc) is 3.20. The fraction of sp³-hybridized carbons (Fsp3) is 0.682. The normalized spacial score (nSPS) is 19.0. The molecular weight excluding hydrogens is 440 g/mol. The number of hydrogen-bond acceptors (Lipinski definition) is 7. The molecule has 0 aliphatic heterocycles. The number of nitrogens with one attached hydrogen (secondary N) is 1. The van der Waals surface area contributed by atoms with Crippen LogP contribution in [0.25, 0.3) is 0 Å². The van der Waals surface area contributed by atoms with Gasteiger partial charge in [0.25, 0.3) is 5.91 Å². The minimum Gasteiger partial charge on any atom is -0.468 e. The number of rotatable bonds is 4. The second-order valence-corrected chi connectivity index (χ2v) is 9.15. The Morgan fingerprint density at radius 1 is 0.935 bits per heavy atom. The first-order chi connectivity index (χ1) is 14.3. The van der Waals surface area contributed by atoms with Gasteiger partial charge in [0.05, 0.1) is 19.1 Å². The van der Waals surface area contributed by atoms with Gasteiger partial charge < -0.3 is 20.5 Å². The van der Waals surface area contributed by atoms with Crippen molar-refractivity contribution in [2.45, 2.75) is 82.2 Å². The van der Waals surface area contributed by atoms with Crippen LogP contribution in [0.2, 0.25) is 0 Å². The maximum Gasteiger partial charge on any atom is 0.331 e. The molecule has 1 heterocycles. The molecule has 7 nitrogen and oxygen atoms in total. The molecule has 2 aliphatic carbocycles. The van der Waals surface area contributed by atoms with Gasteiger partial charge in [0, 0.05) is 0 Å². The summed E-state index contributed by atoms with van der Waals surface area (Å²) in [5.41, 5.74) is 5.28. The van der Waals surface area contributed by atoms with Crippen molar-refractivity contribution in [2.24, 2.45) is 5.73 Å². The van der Waals surface area contributed by atoms with Crippen LogP contribution in [0.4, 0.5) is 0 Å². The lowest BCUT2D eigenvalue weighted by molar-refractivity contribution is -0.150. The molecule has 0 atom stereocenters. The minimum atomic E-state index is -0.833. The standard InChI is InChI=1S/C14H19NO3S.C8H15NO2.ClH/c1-10-6-9-19-11(10)12(16)15-14(13(17)18-2)7-4-3-5-8-14;1-11-7(10)8(9)5-3-2-4-6-8;/h6,9H,3-5,7-8H2,1-2H3,(H,15,16);2-6,9H2,1H3;1H. The van der Waals surface area contributed by atoms with Gasteiger partial charge in [0.15, 0.2) is 0 Å². The van der Waals surface area contributed by atoms with Crippen LogP contribution >= 0.6 is 23.7 Å².